The van der Waals surface area contributed by atoms with Crippen molar-refractivity contribution in [3.05, 3.63) is 38.0 Å². The summed E-state index contributed by atoms with van der Waals surface area (Å²) in [5, 5.41) is 0. The molecule has 25 heavy (non-hydrogen) atoms. The first-order chi connectivity index (χ1) is 11.3. The molecule has 0 aromatic heterocycles. The lowest BCUT2D eigenvalue weighted by Gasteiger charge is -2.39. The third-order valence-electron chi connectivity index (χ3n) is 4.11. The molecule has 2 nitrogen and oxygen atoms in total. The fraction of sp³-hybridized carbons (Fsp3) is 0.684. The van der Waals surface area contributed by atoms with Gasteiger partial charge in [0.25, 0.3) is 0 Å². The zero-order valence-corrected chi connectivity index (χ0v) is 21.9. The monoisotopic (exact) mass is 414 g/mol. The molecule has 0 saturated carbocycles. The van der Waals surface area contributed by atoms with Gasteiger partial charge in [-0.05, 0) is 70.0 Å². The third-order valence-corrected chi connectivity index (χ3v) is 18.6. The molecule has 0 radical (unpaired) electrons. The average Bonchev–Trinajstić information content (AvgIpc) is 2.34. The van der Waals surface area contributed by atoms with Crippen molar-refractivity contribution in [1.29, 1.82) is 0 Å². The van der Waals surface area contributed by atoms with E-state index in [0.29, 0.717) is 0 Å². The minimum Gasteiger partial charge on any atom is -0.437 e. The van der Waals surface area contributed by atoms with E-state index in [1.54, 1.807) is 0 Å². The predicted octanol–water partition coefficient (Wildman–Crippen LogP) is 7.16. The van der Waals surface area contributed by atoms with Crippen molar-refractivity contribution in [3.8, 4) is 0 Å². The van der Waals surface area contributed by atoms with E-state index in [9.17, 15) is 0 Å². The first-order valence-corrected chi connectivity index (χ1v) is 21.7. The van der Waals surface area contributed by atoms with E-state index < -0.39 is 33.3 Å². The van der Waals surface area contributed by atoms with Crippen LogP contribution in [0.2, 0.25) is 76.0 Å². The topological polar surface area (TPSA) is 18.5 Å². The molecule has 0 unspecified atom stereocenters. The minimum atomic E-state index is -2.12. The molecule has 0 saturated heterocycles. The minimum absolute atomic E-state index is 1.10. The number of hydrogen-bond donors (Lipinski definition) is 0. The van der Waals surface area contributed by atoms with Gasteiger partial charge in [0, 0.05) is 0 Å². The third kappa shape index (κ3) is 11.3. The Morgan fingerprint density at radius 3 is 1.28 bits per heavy atom. The van der Waals surface area contributed by atoms with Gasteiger partial charge in [0.05, 0.1) is 8.07 Å². The van der Waals surface area contributed by atoms with Gasteiger partial charge in [-0.15, -0.1) is 19.7 Å². The van der Waals surface area contributed by atoms with E-state index >= 15 is 0 Å². The molecular formula is C19H42O2Si4. The lowest BCUT2D eigenvalue weighted by molar-refractivity contribution is 0.382. The largest absolute Gasteiger partial charge is 0.437 e. The summed E-state index contributed by atoms with van der Waals surface area (Å²) in [5.74, 6) is 0. The van der Waals surface area contributed by atoms with Gasteiger partial charge < -0.3 is 8.23 Å². The van der Waals surface area contributed by atoms with Crippen molar-refractivity contribution in [3.63, 3.8) is 0 Å². The number of hydrogen-bond acceptors (Lipinski definition) is 2. The summed E-state index contributed by atoms with van der Waals surface area (Å²) in [6, 6.07) is 5.82. The number of rotatable bonds is 14. The van der Waals surface area contributed by atoms with Gasteiger partial charge in [0.15, 0.2) is 16.6 Å². The summed E-state index contributed by atoms with van der Waals surface area (Å²) in [7, 11) is -6.78. The van der Waals surface area contributed by atoms with Crippen LogP contribution in [0.15, 0.2) is 38.0 Å². The second kappa shape index (κ2) is 10.4. The van der Waals surface area contributed by atoms with E-state index in [2.05, 4.69) is 83.8 Å². The SMILES string of the molecule is C=CC[Si](CC=C)(CC=C)CCC[Si](C)(O[Si](C)(C)C)O[Si](C)(C)C. The Labute approximate surface area is 161 Å². The van der Waals surface area contributed by atoms with E-state index in [1.165, 1.54) is 12.5 Å². The molecule has 0 aromatic rings. The van der Waals surface area contributed by atoms with Crippen LogP contribution in [0.4, 0.5) is 0 Å². The van der Waals surface area contributed by atoms with Crippen LogP contribution in [0.25, 0.3) is 0 Å². The van der Waals surface area contributed by atoms with Gasteiger partial charge in [-0.25, -0.2) is 0 Å². The zero-order valence-electron chi connectivity index (χ0n) is 17.9. The zero-order chi connectivity index (χ0) is 19.8. The van der Waals surface area contributed by atoms with Crippen molar-refractivity contribution in [2.45, 2.75) is 82.5 Å². The molecule has 0 aliphatic carbocycles. The van der Waals surface area contributed by atoms with Crippen molar-refractivity contribution in [1.82, 2.24) is 0 Å². The fourth-order valence-corrected chi connectivity index (χ4v) is 20.4. The van der Waals surface area contributed by atoms with Crippen molar-refractivity contribution in [2.24, 2.45) is 0 Å². The Hall–Kier alpha value is 0.00753. The maximum Gasteiger partial charge on any atom is 0.314 e. The normalized spacial score (nSPS) is 13.6. The lowest BCUT2D eigenvalue weighted by atomic mass is 10.6. The second-order valence-electron chi connectivity index (χ2n) is 9.39. The molecule has 0 bridgehead atoms. The lowest BCUT2D eigenvalue weighted by Crippen LogP contribution is -2.52. The summed E-state index contributed by atoms with van der Waals surface area (Å²) in [5.41, 5.74) is 0. The summed E-state index contributed by atoms with van der Waals surface area (Å²) in [6.07, 6.45) is 7.51. The smallest absolute Gasteiger partial charge is 0.314 e. The van der Waals surface area contributed by atoms with Crippen LogP contribution in [0, 0.1) is 0 Å². The van der Waals surface area contributed by atoms with Crippen molar-refractivity contribution >= 4 is 33.3 Å². The highest BCUT2D eigenvalue weighted by atomic mass is 28.5. The van der Waals surface area contributed by atoms with Crippen LogP contribution in [0.1, 0.15) is 6.42 Å². The molecule has 0 rings (SSSR count). The molecule has 0 aromatic carbocycles. The highest BCUT2D eigenvalue weighted by Gasteiger charge is 2.40. The van der Waals surface area contributed by atoms with Gasteiger partial charge in [0.2, 0.25) is 0 Å². The summed E-state index contributed by atoms with van der Waals surface area (Å²) >= 11 is 0. The maximum absolute atomic E-state index is 6.64. The predicted molar refractivity (Wildman–Crippen MR) is 125 cm³/mol. The molecule has 0 aliphatic heterocycles. The molecule has 0 aliphatic rings. The van der Waals surface area contributed by atoms with Crippen molar-refractivity contribution in [2.75, 3.05) is 0 Å². The first-order valence-electron chi connectivity index (χ1n) is 9.53. The highest BCUT2D eigenvalue weighted by Crippen LogP contribution is 2.33. The summed E-state index contributed by atoms with van der Waals surface area (Å²) < 4.78 is 13.3. The van der Waals surface area contributed by atoms with Crippen LogP contribution in [0.3, 0.4) is 0 Å². The molecule has 0 atom stereocenters. The summed E-state index contributed by atoms with van der Waals surface area (Å²) in [6.45, 7) is 27.9. The van der Waals surface area contributed by atoms with Crippen LogP contribution in [-0.2, 0) is 8.23 Å². The van der Waals surface area contributed by atoms with Gasteiger partial charge in [-0.2, -0.15) is 0 Å². The summed E-state index contributed by atoms with van der Waals surface area (Å²) in [4.78, 5) is 0. The van der Waals surface area contributed by atoms with Crippen LogP contribution < -0.4 is 0 Å². The van der Waals surface area contributed by atoms with E-state index in [-0.39, 0.29) is 0 Å². The van der Waals surface area contributed by atoms with Gasteiger partial charge in [-0.1, -0.05) is 30.7 Å². The Balaban J connectivity index is 5.14. The quantitative estimate of drug-likeness (QED) is 0.222. The van der Waals surface area contributed by atoms with Crippen molar-refractivity contribution < 1.29 is 8.23 Å². The maximum atomic E-state index is 6.64. The first kappa shape index (κ1) is 25.0. The Morgan fingerprint density at radius 2 is 1.00 bits per heavy atom. The molecule has 146 valence electrons. The van der Waals surface area contributed by atoms with Gasteiger partial charge in [-0.3, -0.25) is 0 Å². The molecule has 0 amide bonds. The van der Waals surface area contributed by atoms with Gasteiger partial charge >= 0.3 is 8.56 Å². The Morgan fingerprint density at radius 1 is 0.640 bits per heavy atom. The molecule has 0 spiro atoms. The number of allylic oxidation sites excluding steroid dienone is 3. The standard InChI is InChI=1S/C19H42O2Si4/c1-11-15-25(16-12-2,17-13-3)19-14-18-24(10,20-22(4,5)6)21-23(7,8)9/h11-13H,1-3,14-19H2,4-10H3. The van der Waals surface area contributed by atoms with E-state index in [0.717, 1.165) is 24.2 Å². The van der Waals surface area contributed by atoms with Crippen LogP contribution in [-0.4, -0.2) is 33.3 Å². The molecular weight excluding hydrogens is 373 g/mol. The molecule has 0 fully saturated rings. The van der Waals surface area contributed by atoms with Crippen LogP contribution >= 0.6 is 0 Å². The van der Waals surface area contributed by atoms with E-state index in [1.807, 2.05) is 0 Å². The molecule has 0 heterocycles. The second-order valence-corrected chi connectivity index (χ2v) is 27.0. The Kier molecular flexibility index (Phi) is 10.4. The van der Waals surface area contributed by atoms with E-state index in [4.69, 9.17) is 8.23 Å². The highest BCUT2D eigenvalue weighted by molar-refractivity contribution is 6.87. The van der Waals surface area contributed by atoms with Crippen LogP contribution in [0.5, 0.6) is 0 Å². The average molecular weight is 415 g/mol. The molecule has 0 N–H and O–H groups in total. The van der Waals surface area contributed by atoms with Gasteiger partial charge in [0.1, 0.15) is 0 Å². The fourth-order valence-electron chi connectivity index (χ4n) is 3.68. The molecule has 6 heteroatoms. The Bertz CT molecular complexity index is 393.